The van der Waals surface area contributed by atoms with Crippen LogP contribution < -0.4 is 9.47 Å². The highest BCUT2D eigenvalue weighted by atomic mass is 16.5. The van der Waals surface area contributed by atoms with Crippen LogP contribution in [0.2, 0.25) is 0 Å². The maximum absolute atomic E-state index is 11.3. The van der Waals surface area contributed by atoms with Crippen LogP contribution in [-0.4, -0.2) is 57.8 Å². The maximum atomic E-state index is 11.3. The first-order valence-electron chi connectivity index (χ1n) is 13.3. The second-order valence-corrected chi connectivity index (χ2v) is 10.9. The van der Waals surface area contributed by atoms with Gasteiger partial charge in [0.2, 0.25) is 0 Å². The van der Waals surface area contributed by atoms with Gasteiger partial charge in [-0.2, -0.15) is 0 Å². The number of aliphatic carboxylic acids is 1. The highest BCUT2D eigenvalue weighted by molar-refractivity contribution is 5.72. The highest BCUT2D eigenvalue weighted by Gasteiger charge is 2.42. The van der Waals surface area contributed by atoms with Gasteiger partial charge in [-0.1, -0.05) is 36.4 Å². The molecule has 2 aliphatic heterocycles. The Morgan fingerprint density at radius 1 is 0.872 bits per heavy atom. The molecule has 0 unspecified atom stereocenters. The van der Waals surface area contributed by atoms with E-state index in [0.29, 0.717) is 46.2 Å². The average Bonchev–Trinajstić information content (AvgIpc) is 2.88. The van der Waals surface area contributed by atoms with Crippen LogP contribution in [0.1, 0.15) is 28.7 Å². The molecule has 2 saturated heterocycles. The quantitative estimate of drug-likeness (QED) is 0.337. The molecule has 0 atom stereocenters. The maximum Gasteiger partial charge on any atom is 0.304 e. The monoisotopic (exact) mass is 532 g/mol. The first-order valence-corrected chi connectivity index (χ1v) is 13.3. The van der Waals surface area contributed by atoms with E-state index in [1.54, 1.807) is 7.11 Å². The number of rotatable bonds is 12. The lowest BCUT2D eigenvalue weighted by Crippen LogP contribution is -2.50. The molecule has 2 aliphatic rings. The minimum absolute atomic E-state index is 0.0575. The Hall–Kier alpha value is -3.39. The van der Waals surface area contributed by atoms with Crippen molar-refractivity contribution >= 4 is 5.97 Å². The van der Waals surface area contributed by atoms with Crippen molar-refractivity contribution in [1.82, 2.24) is 0 Å². The number of aryl methyl sites for hydroxylation is 1. The Kier molecular flexibility index (Phi) is 7.93. The molecule has 3 aromatic rings. The van der Waals surface area contributed by atoms with Gasteiger partial charge in [-0.05, 0) is 71.5 Å². The normalized spacial score (nSPS) is 17.1. The Balaban J connectivity index is 1.24. The molecule has 7 nitrogen and oxygen atoms in total. The summed E-state index contributed by atoms with van der Waals surface area (Å²) >= 11 is 0. The summed E-state index contributed by atoms with van der Waals surface area (Å²) in [6.45, 7) is 8.05. The lowest BCUT2D eigenvalue weighted by atomic mass is 9.76. The molecular formula is C32H36O7. The topological polar surface area (TPSA) is 83.5 Å². The standard InChI is InChI=1S/C32H36O7/c1-22-13-27(39-19-31(16-35-3)17-36-18-31)11-12-28(22)29-6-4-5-24(23(29)2)15-38-26-9-7-25(8-10-26)32(14-30(33)34)20-37-21-32/h4-13H,14-21H2,1-3H3,(H,33,34). The zero-order valence-corrected chi connectivity index (χ0v) is 22.8. The summed E-state index contributed by atoms with van der Waals surface area (Å²) in [4.78, 5) is 11.3. The van der Waals surface area contributed by atoms with Gasteiger partial charge in [0.25, 0.3) is 0 Å². The molecule has 0 spiro atoms. The Bertz CT molecular complexity index is 1310. The molecule has 0 aromatic heterocycles. The second-order valence-electron chi connectivity index (χ2n) is 10.9. The molecule has 5 rings (SSSR count). The van der Waals surface area contributed by atoms with Crippen LogP contribution in [0.5, 0.6) is 11.5 Å². The summed E-state index contributed by atoms with van der Waals surface area (Å²) in [5.74, 6) is 0.776. The highest BCUT2D eigenvalue weighted by Crippen LogP contribution is 2.37. The Morgan fingerprint density at radius 2 is 1.59 bits per heavy atom. The van der Waals surface area contributed by atoms with E-state index >= 15 is 0 Å². The van der Waals surface area contributed by atoms with Crippen LogP contribution in [0, 0.1) is 19.3 Å². The fraction of sp³-hybridized carbons (Fsp3) is 0.406. The van der Waals surface area contributed by atoms with Crippen LogP contribution in [-0.2, 0) is 31.0 Å². The van der Waals surface area contributed by atoms with Crippen LogP contribution in [0.4, 0.5) is 0 Å². The molecule has 206 valence electrons. The SMILES string of the molecule is COCC1(COc2ccc(-c3cccc(COc4ccc(C5(CC(=O)O)COC5)cc4)c3C)c(C)c2)COC1. The summed E-state index contributed by atoms with van der Waals surface area (Å²) in [7, 11) is 1.71. The molecule has 1 N–H and O–H groups in total. The lowest BCUT2D eigenvalue weighted by Gasteiger charge is -2.40. The van der Waals surface area contributed by atoms with Crippen molar-refractivity contribution in [2.75, 3.05) is 46.8 Å². The van der Waals surface area contributed by atoms with E-state index < -0.39 is 11.4 Å². The van der Waals surface area contributed by atoms with Crippen molar-refractivity contribution < 1.29 is 33.6 Å². The zero-order chi connectivity index (χ0) is 27.5. The molecule has 0 bridgehead atoms. The van der Waals surface area contributed by atoms with E-state index in [0.717, 1.165) is 33.8 Å². The number of hydrogen-bond acceptors (Lipinski definition) is 6. The van der Waals surface area contributed by atoms with Gasteiger partial charge in [-0.25, -0.2) is 0 Å². The van der Waals surface area contributed by atoms with E-state index in [4.69, 9.17) is 23.7 Å². The first-order chi connectivity index (χ1) is 18.8. The number of carbonyl (C=O) groups is 1. The number of methoxy groups -OCH3 is 1. The number of benzene rings is 3. The van der Waals surface area contributed by atoms with E-state index in [1.165, 1.54) is 11.1 Å². The molecule has 0 radical (unpaired) electrons. The summed E-state index contributed by atoms with van der Waals surface area (Å²) in [6, 6.07) is 20.2. The molecule has 0 amide bonds. The predicted octanol–water partition coefficient (Wildman–Crippen LogP) is 5.33. The molecule has 3 aromatic carbocycles. The van der Waals surface area contributed by atoms with Crippen molar-refractivity contribution in [3.63, 3.8) is 0 Å². The van der Waals surface area contributed by atoms with Gasteiger partial charge in [-0.15, -0.1) is 0 Å². The van der Waals surface area contributed by atoms with Crippen molar-refractivity contribution in [3.05, 3.63) is 82.9 Å². The lowest BCUT2D eigenvalue weighted by molar-refractivity contribution is -0.159. The summed E-state index contributed by atoms with van der Waals surface area (Å²) < 4.78 is 28.3. The van der Waals surface area contributed by atoms with Gasteiger partial charge in [-0.3, -0.25) is 4.79 Å². The van der Waals surface area contributed by atoms with Crippen molar-refractivity contribution in [2.24, 2.45) is 5.41 Å². The first kappa shape index (κ1) is 27.2. The fourth-order valence-electron chi connectivity index (χ4n) is 5.38. The Morgan fingerprint density at radius 3 is 2.18 bits per heavy atom. The van der Waals surface area contributed by atoms with Gasteiger partial charge >= 0.3 is 5.97 Å². The molecular weight excluding hydrogens is 496 g/mol. The van der Waals surface area contributed by atoms with Crippen LogP contribution >= 0.6 is 0 Å². The number of carboxylic acids is 1. The van der Waals surface area contributed by atoms with Crippen LogP contribution in [0.25, 0.3) is 11.1 Å². The number of carboxylic acid groups (broad SMARTS) is 1. The summed E-state index contributed by atoms with van der Waals surface area (Å²) in [5, 5.41) is 9.29. The molecule has 7 heteroatoms. The van der Waals surface area contributed by atoms with Crippen LogP contribution in [0.15, 0.2) is 60.7 Å². The van der Waals surface area contributed by atoms with Crippen molar-refractivity contribution in [3.8, 4) is 22.6 Å². The molecule has 0 saturated carbocycles. The molecule has 0 aliphatic carbocycles. The molecule has 39 heavy (non-hydrogen) atoms. The third-order valence-corrected chi connectivity index (χ3v) is 7.85. The van der Waals surface area contributed by atoms with E-state index in [9.17, 15) is 9.90 Å². The largest absolute Gasteiger partial charge is 0.493 e. The van der Waals surface area contributed by atoms with Crippen molar-refractivity contribution in [2.45, 2.75) is 32.3 Å². The van der Waals surface area contributed by atoms with E-state index in [-0.39, 0.29) is 11.8 Å². The van der Waals surface area contributed by atoms with E-state index in [2.05, 4.69) is 44.2 Å². The number of hydrogen-bond donors (Lipinski definition) is 1. The van der Waals surface area contributed by atoms with Gasteiger partial charge < -0.3 is 28.8 Å². The van der Waals surface area contributed by atoms with Gasteiger partial charge in [0.05, 0.1) is 50.3 Å². The molecule has 2 heterocycles. The van der Waals surface area contributed by atoms with Gasteiger partial charge in [0.1, 0.15) is 24.7 Å². The van der Waals surface area contributed by atoms with Crippen LogP contribution in [0.3, 0.4) is 0 Å². The third kappa shape index (κ3) is 5.81. The summed E-state index contributed by atoms with van der Waals surface area (Å²) in [5.41, 5.74) is 6.23. The fourth-order valence-corrected chi connectivity index (χ4v) is 5.38. The smallest absolute Gasteiger partial charge is 0.304 e. The second kappa shape index (κ2) is 11.4. The minimum Gasteiger partial charge on any atom is -0.493 e. The van der Waals surface area contributed by atoms with E-state index in [1.807, 2.05) is 30.3 Å². The zero-order valence-electron chi connectivity index (χ0n) is 22.8. The van der Waals surface area contributed by atoms with Gasteiger partial charge in [0, 0.05) is 7.11 Å². The Labute approximate surface area is 229 Å². The summed E-state index contributed by atoms with van der Waals surface area (Å²) in [6.07, 6.45) is 0.0647. The molecule has 2 fully saturated rings. The average molecular weight is 533 g/mol. The third-order valence-electron chi connectivity index (χ3n) is 7.85. The van der Waals surface area contributed by atoms with Gasteiger partial charge in [0.15, 0.2) is 0 Å². The minimum atomic E-state index is -0.814. The number of ether oxygens (including phenoxy) is 5. The predicted molar refractivity (Wildman–Crippen MR) is 147 cm³/mol. The van der Waals surface area contributed by atoms with Crippen molar-refractivity contribution in [1.29, 1.82) is 0 Å².